The Morgan fingerprint density at radius 2 is 2.00 bits per heavy atom. The van der Waals surface area contributed by atoms with Crippen molar-refractivity contribution in [2.75, 3.05) is 29.5 Å². The van der Waals surface area contributed by atoms with Gasteiger partial charge in [-0.1, -0.05) is 18.3 Å². The first-order valence-corrected chi connectivity index (χ1v) is 7.43. The fourth-order valence-corrected chi connectivity index (χ4v) is 2.99. The lowest BCUT2D eigenvalue weighted by Gasteiger charge is -2.27. The molecule has 1 aliphatic rings. The fourth-order valence-electron chi connectivity index (χ4n) is 1.68. The van der Waals surface area contributed by atoms with E-state index < -0.39 is 9.84 Å². The quantitative estimate of drug-likeness (QED) is 0.760. The minimum Gasteiger partial charge on any atom is -0.388 e. The first-order chi connectivity index (χ1) is 7.98. The number of rotatable bonds is 2. The molecule has 1 saturated heterocycles. The van der Waals surface area contributed by atoms with Crippen molar-refractivity contribution in [1.82, 2.24) is 4.98 Å². The van der Waals surface area contributed by atoms with E-state index in [9.17, 15) is 8.42 Å². The van der Waals surface area contributed by atoms with Crippen LogP contribution in [0.1, 0.15) is 5.69 Å². The van der Waals surface area contributed by atoms with E-state index in [1.54, 1.807) is 6.07 Å². The molecular formula is C10H13N3O2S2. The molecule has 1 aromatic rings. The summed E-state index contributed by atoms with van der Waals surface area (Å²) >= 11 is 4.86. The highest BCUT2D eigenvalue weighted by Crippen LogP contribution is 2.15. The minimum atomic E-state index is -2.87. The van der Waals surface area contributed by atoms with Crippen LogP contribution < -0.4 is 10.6 Å². The second-order valence-electron chi connectivity index (χ2n) is 3.88. The van der Waals surface area contributed by atoms with Crippen molar-refractivity contribution in [2.45, 2.75) is 0 Å². The van der Waals surface area contributed by atoms with Gasteiger partial charge in [0.25, 0.3) is 0 Å². The number of aromatic nitrogens is 1. The maximum Gasteiger partial charge on any atom is 0.153 e. The first kappa shape index (κ1) is 12.3. The summed E-state index contributed by atoms with van der Waals surface area (Å²) in [5, 5.41) is 0. The molecule has 2 heterocycles. The number of hydrogen-bond donors (Lipinski definition) is 1. The monoisotopic (exact) mass is 271 g/mol. The molecule has 7 heteroatoms. The largest absolute Gasteiger partial charge is 0.388 e. The number of thiocarbonyl (C=S) groups is 1. The van der Waals surface area contributed by atoms with Crippen molar-refractivity contribution < 1.29 is 8.42 Å². The lowest BCUT2D eigenvalue weighted by molar-refractivity contribution is 0.586. The molecule has 2 N–H and O–H groups in total. The second-order valence-corrected chi connectivity index (χ2v) is 6.63. The van der Waals surface area contributed by atoms with Gasteiger partial charge in [-0.05, 0) is 12.1 Å². The lowest BCUT2D eigenvalue weighted by Crippen LogP contribution is -2.40. The van der Waals surface area contributed by atoms with Crippen LogP contribution in [-0.2, 0) is 9.84 Å². The van der Waals surface area contributed by atoms with Gasteiger partial charge < -0.3 is 10.6 Å². The van der Waals surface area contributed by atoms with Gasteiger partial charge in [0, 0.05) is 13.1 Å². The van der Waals surface area contributed by atoms with Crippen molar-refractivity contribution in [3.05, 3.63) is 23.9 Å². The number of nitrogens with zero attached hydrogens (tertiary/aromatic N) is 2. The zero-order valence-corrected chi connectivity index (χ0v) is 10.8. The predicted octanol–water partition coefficient (Wildman–Crippen LogP) is -0.0494. The molecule has 2 rings (SSSR count). The zero-order valence-electron chi connectivity index (χ0n) is 9.17. The molecule has 17 heavy (non-hydrogen) atoms. The highest BCUT2D eigenvalue weighted by molar-refractivity contribution is 7.91. The van der Waals surface area contributed by atoms with E-state index in [0.717, 1.165) is 5.82 Å². The maximum atomic E-state index is 11.3. The highest BCUT2D eigenvalue weighted by atomic mass is 32.2. The number of pyridine rings is 1. The van der Waals surface area contributed by atoms with Crippen LogP contribution in [0.15, 0.2) is 18.2 Å². The molecular weight excluding hydrogens is 258 g/mol. The van der Waals surface area contributed by atoms with Gasteiger partial charge in [0.15, 0.2) is 9.84 Å². The highest BCUT2D eigenvalue weighted by Gasteiger charge is 2.22. The van der Waals surface area contributed by atoms with E-state index in [2.05, 4.69) is 4.98 Å². The van der Waals surface area contributed by atoms with Crippen LogP contribution in [0, 0.1) is 0 Å². The molecule has 0 amide bonds. The predicted molar refractivity (Wildman–Crippen MR) is 71.0 cm³/mol. The summed E-state index contributed by atoms with van der Waals surface area (Å²) in [7, 11) is -2.87. The van der Waals surface area contributed by atoms with E-state index >= 15 is 0 Å². The summed E-state index contributed by atoms with van der Waals surface area (Å²) in [6.07, 6.45) is 0. The van der Waals surface area contributed by atoms with Crippen LogP contribution in [0.4, 0.5) is 5.82 Å². The van der Waals surface area contributed by atoms with E-state index in [1.165, 1.54) is 0 Å². The molecule has 1 aromatic heterocycles. The van der Waals surface area contributed by atoms with Crippen molar-refractivity contribution in [1.29, 1.82) is 0 Å². The zero-order chi connectivity index (χ0) is 12.5. The summed E-state index contributed by atoms with van der Waals surface area (Å²) in [4.78, 5) is 6.49. The first-order valence-electron chi connectivity index (χ1n) is 5.20. The lowest BCUT2D eigenvalue weighted by atomic mass is 10.3. The van der Waals surface area contributed by atoms with E-state index in [-0.39, 0.29) is 16.5 Å². The number of sulfone groups is 1. The Balaban J connectivity index is 2.18. The third-order valence-electron chi connectivity index (χ3n) is 2.66. The molecule has 0 unspecified atom stereocenters. The summed E-state index contributed by atoms with van der Waals surface area (Å²) in [6, 6.07) is 5.40. The van der Waals surface area contributed by atoms with Gasteiger partial charge in [-0.3, -0.25) is 0 Å². The molecule has 0 saturated carbocycles. The Hall–Kier alpha value is -1.21. The van der Waals surface area contributed by atoms with Crippen LogP contribution >= 0.6 is 12.2 Å². The van der Waals surface area contributed by atoms with Crippen LogP contribution in [0.2, 0.25) is 0 Å². The third-order valence-corrected chi connectivity index (χ3v) is 4.47. The van der Waals surface area contributed by atoms with Gasteiger partial charge in [-0.15, -0.1) is 0 Å². The van der Waals surface area contributed by atoms with Gasteiger partial charge in [0.1, 0.15) is 10.8 Å². The number of anilines is 1. The Bertz CT molecular complexity index is 528. The van der Waals surface area contributed by atoms with Gasteiger partial charge >= 0.3 is 0 Å². The van der Waals surface area contributed by atoms with Crippen molar-refractivity contribution >= 4 is 32.9 Å². The van der Waals surface area contributed by atoms with Gasteiger partial charge in [0.2, 0.25) is 0 Å². The van der Waals surface area contributed by atoms with Gasteiger partial charge in [-0.2, -0.15) is 0 Å². The average Bonchev–Trinajstić information content (AvgIpc) is 2.29. The Kier molecular flexibility index (Phi) is 3.30. The fraction of sp³-hybridized carbons (Fsp3) is 0.400. The van der Waals surface area contributed by atoms with E-state index in [4.69, 9.17) is 18.0 Å². The summed E-state index contributed by atoms with van der Waals surface area (Å²) < 4.78 is 22.6. The summed E-state index contributed by atoms with van der Waals surface area (Å²) in [6.45, 7) is 0.937. The molecule has 0 aliphatic carbocycles. The maximum absolute atomic E-state index is 11.3. The molecule has 5 nitrogen and oxygen atoms in total. The van der Waals surface area contributed by atoms with Crippen molar-refractivity contribution in [3.63, 3.8) is 0 Å². The standard InChI is InChI=1S/C10H13N3O2S2/c11-10(16)8-2-1-3-9(12-8)13-4-6-17(14,15)7-5-13/h1-3H,4-7H2,(H2,11,16). The van der Waals surface area contributed by atoms with Gasteiger partial charge in [-0.25, -0.2) is 13.4 Å². The van der Waals surface area contributed by atoms with Crippen LogP contribution in [0.25, 0.3) is 0 Å². The average molecular weight is 271 g/mol. The Morgan fingerprint density at radius 1 is 1.35 bits per heavy atom. The molecule has 0 bridgehead atoms. The topological polar surface area (TPSA) is 76.3 Å². The van der Waals surface area contributed by atoms with Crippen molar-refractivity contribution in [2.24, 2.45) is 5.73 Å². The van der Waals surface area contributed by atoms with E-state index in [1.807, 2.05) is 17.0 Å². The van der Waals surface area contributed by atoms with Crippen molar-refractivity contribution in [3.8, 4) is 0 Å². The Labute approximate surface area is 106 Å². The Morgan fingerprint density at radius 3 is 2.59 bits per heavy atom. The van der Waals surface area contributed by atoms with Crippen LogP contribution in [-0.4, -0.2) is 43.0 Å². The molecule has 0 radical (unpaired) electrons. The number of nitrogens with two attached hydrogens (primary N) is 1. The molecule has 1 aliphatic heterocycles. The molecule has 0 atom stereocenters. The van der Waals surface area contributed by atoms with Gasteiger partial charge in [0.05, 0.1) is 17.2 Å². The summed E-state index contributed by atoms with van der Waals surface area (Å²) in [5.41, 5.74) is 6.07. The molecule has 92 valence electrons. The minimum absolute atomic E-state index is 0.173. The summed E-state index contributed by atoms with van der Waals surface area (Å²) in [5.74, 6) is 1.07. The molecule has 0 spiro atoms. The van der Waals surface area contributed by atoms with Crippen LogP contribution in [0.5, 0.6) is 0 Å². The van der Waals surface area contributed by atoms with E-state index in [0.29, 0.717) is 18.8 Å². The number of hydrogen-bond acceptors (Lipinski definition) is 5. The normalized spacial score (nSPS) is 18.9. The SMILES string of the molecule is NC(=S)c1cccc(N2CCS(=O)(=O)CC2)n1. The third kappa shape index (κ3) is 2.92. The molecule has 1 fully saturated rings. The molecule has 0 aromatic carbocycles. The second kappa shape index (κ2) is 4.58. The van der Waals surface area contributed by atoms with Crippen LogP contribution in [0.3, 0.4) is 0 Å². The smallest absolute Gasteiger partial charge is 0.153 e.